The first-order valence-electron chi connectivity index (χ1n) is 9.39. The molecule has 1 aliphatic heterocycles. The first-order valence-corrected chi connectivity index (χ1v) is 11.3. The van der Waals surface area contributed by atoms with Gasteiger partial charge in [0, 0.05) is 32.2 Å². The summed E-state index contributed by atoms with van der Waals surface area (Å²) in [5.41, 5.74) is 1.89. The summed E-state index contributed by atoms with van der Waals surface area (Å²) in [6.45, 7) is 2.66. The molecule has 0 radical (unpaired) electrons. The number of sulfone groups is 1. The van der Waals surface area contributed by atoms with Crippen molar-refractivity contribution >= 4 is 39.4 Å². The van der Waals surface area contributed by atoms with Gasteiger partial charge in [0.05, 0.1) is 16.3 Å². The van der Waals surface area contributed by atoms with E-state index in [2.05, 4.69) is 15.1 Å². The molecule has 0 atom stereocenters. The van der Waals surface area contributed by atoms with E-state index in [9.17, 15) is 13.2 Å². The van der Waals surface area contributed by atoms with E-state index in [0.29, 0.717) is 54.2 Å². The molecule has 1 N–H and O–H groups in total. The number of carboxylic acid groups (broad SMARTS) is 1. The average molecular weight is 468 g/mol. The fraction of sp³-hybridized carbons (Fsp3) is 0.368. The summed E-state index contributed by atoms with van der Waals surface area (Å²) in [7, 11) is -3.29. The monoisotopic (exact) mass is 467 g/mol. The van der Waals surface area contributed by atoms with E-state index in [4.69, 9.17) is 9.84 Å². The summed E-state index contributed by atoms with van der Waals surface area (Å²) < 4.78 is 31.1. The predicted octanol–water partition coefficient (Wildman–Crippen LogP) is 2.47. The highest BCUT2D eigenvalue weighted by molar-refractivity contribution is 7.90. The van der Waals surface area contributed by atoms with E-state index in [1.54, 1.807) is 16.8 Å². The van der Waals surface area contributed by atoms with Crippen molar-refractivity contribution < 1.29 is 23.1 Å². The average Bonchev–Trinajstić information content (AvgIpc) is 3.05. The SMILES string of the molecule is Cc1nn(-c2ccc(S(C)(=O)=O)cc2)c2ncnc(OC3CCN(C(=O)O)CC3)c12.Cl. The Morgan fingerprint density at radius 1 is 1.16 bits per heavy atom. The van der Waals surface area contributed by atoms with Crippen LogP contribution >= 0.6 is 12.4 Å². The molecule has 12 heteroatoms. The lowest BCUT2D eigenvalue weighted by atomic mass is 10.1. The van der Waals surface area contributed by atoms with E-state index in [1.807, 2.05) is 6.92 Å². The number of carbonyl (C=O) groups is 1. The molecule has 31 heavy (non-hydrogen) atoms. The Morgan fingerprint density at radius 3 is 2.39 bits per heavy atom. The van der Waals surface area contributed by atoms with E-state index in [1.165, 1.54) is 23.4 Å². The molecule has 3 heterocycles. The summed E-state index contributed by atoms with van der Waals surface area (Å²) >= 11 is 0. The minimum absolute atomic E-state index is 0. The van der Waals surface area contributed by atoms with Crippen LogP contribution in [-0.4, -0.2) is 69.7 Å². The molecule has 2 aromatic heterocycles. The summed E-state index contributed by atoms with van der Waals surface area (Å²) in [4.78, 5) is 21.3. The van der Waals surface area contributed by atoms with Crippen molar-refractivity contribution in [2.75, 3.05) is 19.3 Å². The maximum atomic E-state index is 11.7. The number of benzene rings is 1. The molecule has 0 bridgehead atoms. The fourth-order valence-electron chi connectivity index (χ4n) is 3.51. The van der Waals surface area contributed by atoms with Crippen molar-refractivity contribution in [2.45, 2.75) is 30.8 Å². The molecule has 0 spiro atoms. The molecule has 1 saturated heterocycles. The molecule has 1 fully saturated rings. The number of likely N-dealkylation sites (tertiary alicyclic amines) is 1. The topological polar surface area (TPSA) is 128 Å². The van der Waals surface area contributed by atoms with Crippen LogP contribution in [0.25, 0.3) is 16.7 Å². The third kappa shape index (κ3) is 4.57. The molecule has 3 aromatic rings. The van der Waals surface area contributed by atoms with Gasteiger partial charge in [-0.3, -0.25) is 0 Å². The minimum atomic E-state index is -3.29. The van der Waals surface area contributed by atoms with Gasteiger partial charge in [-0.05, 0) is 31.2 Å². The van der Waals surface area contributed by atoms with Gasteiger partial charge >= 0.3 is 6.09 Å². The number of piperidine rings is 1. The molecular weight excluding hydrogens is 446 g/mol. The summed E-state index contributed by atoms with van der Waals surface area (Å²) in [5, 5.41) is 14.3. The molecule has 10 nitrogen and oxygen atoms in total. The number of rotatable bonds is 4. The highest BCUT2D eigenvalue weighted by Crippen LogP contribution is 2.29. The number of halogens is 1. The van der Waals surface area contributed by atoms with Crippen LogP contribution in [-0.2, 0) is 9.84 Å². The molecule has 1 aliphatic rings. The van der Waals surface area contributed by atoms with Crippen molar-refractivity contribution in [2.24, 2.45) is 0 Å². The van der Waals surface area contributed by atoms with Crippen LogP contribution in [0.2, 0.25) is 0 Å². The van der Waals surface area contributed by atoms with Crippen LogP contribution in [0.4, 0.5) is 4.79 Å². The number of aryl methyl sites for hydroxylation is 1. The molecule has 1 amide bonds. The normalized spacial score (nSPS) is 15.0. The van der Waals surface area contributed by atoms with Gasteiger partial charge in [0.1, 0.15) is 17.8 Å². The van der Waals surface area contributed by atoms with Crippen molar-refractivity contribution in [3.05, 3.63) is 36.3 Å². The lowest BCUT2D eigenvalue weighted by molar-refractivity contribution is 0.0879. The molecule has 0 aliphatic carbocycles. The van der Waals surface area contributed by atoms with Crippen molar-refractivity contribution in [3.63, 3.8) is 0 Å². The number of ether oxygens (including phenoxy) is 1. The Bertz CT molecular complexity index is 1200. The Labute approximate surface area is 185 Å². The molecule has 0 saturated carbocycles. The largest absolute Gasteiger partial charge is 0.474 e. The number of hydrogen-bond acceptors (Lipinski definition) is 7. The van der Waals surface area contributed by atoms with E-state index < -0.39 is 15.9 Å². The van der Waals surface area contributed by atoms with Gasteiger partial charge in [-0.15, -0.1) is 12.4 Å². The van der Waals surface area contributed by atoms with Gasteiger partial charge < -0.3 is 14.7 Å². The molecular formula is C19H22ClN5O5S. The lowest BCUT2D eigenvalue weighted by Gasteiger charge is -2.29. The van der Waals surface area contributed by atoms with E-state index >= 15 is 0 Å². The summed E-state index contributed by atoms with van der Waals surface area (Å²) in [6, 6.07) is 6.41. The van der Waals surface area contributed by atoms with Crippen molar-refractivity contribution in [1.82, 2.24) is 24.6 Å². The maximum absolute atomic E-state index is 11.7. The van der Waals surface area contributed by atoms with Crippen LogP contribution in [0.3, 0.4) is 0 Å². The predicted molar refractivity (Wildman–Crippen MR) is 115 cm³/mol. The highest BCUT2D eigenvalue weighted by atomic mass is 35.5. The van der Waals surface area contributed by atoms with Gasteiger partial charge in [0.15, 0.2) is 15.5 Å². The van der Waals surface area contributed by atoms with E-state index in [-0.39, 0.29) is 23.4 Å². The number of amides is 1. The van der Waals surface area contributed by atoms with Gasteiger partial charge in [-0.25, -0.2) is 27.9 Å². The van der Waals surface area contributed by atoms with Crippen LogP contribution in [0, 0.1) is 6.92 Å². The smallest absolute Gasteiger partial charge is 0.407 e. The zero-order chi connectivity index (χ0) is 21.5. The first kappa shape index (κ1) is 22.8. The van der Waals surface area contributed by atoms with Crippen LogP contribution in [0.15, 0.2) is 35.5 Å². The van der Waals surface area contributed by atoms with Gasteiger partial charge in [0.2, 0.25) is 5.88 Å². The quantitative estimate of drug-likeness (QED) is 0.619. The molecule has 1 aromatic carbocycles. The number of aromatic nitrogens is 4. The van der Waals surface area contributed by atoms with Crippen LogP contribution in [0.5, 0.6) is 5.88 Å². The zero-order valence-corrected chi connectivity index (χ0v) is 18.6. The standard InChI is InChI=1S/C19H21N5O5S.ClH/c1-12-16-17(24(22-12)13-3-5-15(6-4-13)30(2,27)28)20-11-21-18(16)29-14-7-9-23(10-8-14)19(25)26;/h3-6,11,14H,7-10H2,1-2H3,(H,25,26);1H. The third-order valence-electron chi connectivity index (χ3n) is 5.11. The highest BCUT2D eigenvalue weighted by Gasteiger charge is 2.25. The molecule has 166 valence electrons. The Balaban J connectivity index is 0.00000272. The third-order valence-corrected chi connectivity index (χ3v) is 6.23. The van der Waals surface area contributed by atoms with E-state index in [0.717, 1.165) is 6.26 Å². The maximum Gasteiger partial charge on any atom is 0.407 e. The second-order valence-electron chi connectivity index (χ2n) is 7.23. The number of hydrogen-bond donors (Lipinski definition) is 1. The van der Waals surface area contributed by atoms with Crippen molar-refractivity contribution in [3.8, 4) is 11.6 Å². The zero-order valence-electron chi connectivity index (χ0n) is 16.9. The Kier molecular flexibility index (Phi) is 6.37. The molecule has 0 unspecified atom stereocenters. The Hall–Kier alpha value is -2.92. The lowest BCUT2D eigenvalue weighted by Crippen LogP contribution is -2.41. The van der Waals surface area contributed by atoms with Gasteiger partial charge in [-0.1, -0.05) is 0 Å². The number of fused-ring (bicyclic) bond motifs is 1. The van der Waals surface area contributed by atoms with Gasteiger partial charge in [-0.2, -0.15) is 5.10 Å². The number of nitrogens with zero attached hydrogens (tertiary/aromatic N) is 5. The van der Waals surface area contributed by atoms with Crippen LogP contribution < -0.4 is 4.74 Å². The summed E-state index contributed by atoms with van der Waals surface area (Å²) in [5.74, 6) is 0.408. The van der Waals surface area contributed by atoms with Crippen LogP contribution in [0.1, 0.15) is 18.5 Å². The minimum Gasteiger partial charge on any atom is -0.474 e. The second kappa shape index (κ2) is 8.67. The van der Waals surface area contributed by atoms with Crippen molar-refractivity contribution in [1.29, 1.82) is 0 Å². The molecule has 4 rings (SSSR count). The summed E-state index contributed by atoms with van der Waals surface area (Å²) in [6.07, 6.45) is 2.66. The first-order chi connectivity index (χ1) is 14.2. The van der Waals surface area contributed by atoms with Gasteiger partial charge in [0.25, 0.3) is 0 Å². The second-order valence-corrected chi connectivity index (χ2v) is 9.24. The Morgan fingerprint density at radius 2 is 1.81 bits per heavy atom. The fourth-order valence-corrected chi connectivity index (χ4v) is 4.14.